The van der Waals surface area contributed by atoms with E-state index in [1.165, 1.54) is 0 Å². The number of carbonyl (C=O) groups is 2. The molecule has 2 amide bonds. The van der Waals surface area contributed by atoms with Crippen LogP contribution in [0.3, 0.4) is 0 Å². The summed E-state index contributed by atoms with van der Waals surface area (Å²) in [7, 11) is 0. The summed E-state index contributed by atoms with van der Waals surface area (Å²) >= 11 is 0.682. The third kappa shape index (κ3) is 5.24. The molecule has 0 atom stereocenters. The fourth-order valence-electron chi connectivity index (χ4n) is 1.30. The predicted octanol–water partition coefficient (Wildman–Crippen LogP) is 1.87. The molecule has 0 aliphatic carbocycles. The highest BCUT2D eigenvalue weighted by Gasteiger charge is 2.33. The second-order valence-electron chi connectivity index (χ2n) is 3.96. The first-order chi connectivity index (χ1) is 10.1. The Morgan fingerprint density at radius 2 is 1.95 bits per heavy atom. The summed E-state index contributed by atoms with van der Waals surface area (Å²) in [5.41, 5.74) is 2.15. The van der Waals surface area contributed by atoms with E-state index in [2.05, 4.69) is 0 Å². The van der Waals surface area contributed by atoms with Gasteiger partial charge in [0.15, 0.2) is 0 Å². The first-order valence-corrected chi connectivity index (χ1v) is 6.63. The molecule has 0 aromatic heterocycles. The van der Waals surface area contributed by atoms with E-state index >= 15 is 0 Å². The van der Waals surface area contributed by atoms with Gasteiger partial charge in [-0.15, -0.1) is 11.8 Å². The lowest BCUT2D eigenvalue weighted by molar-refractivity contribution is -0.388. The smallest absolute Gasteiger partial charge is 0.274 e. The molecule has 22 heavy (non-hydrogen) atoms. The molecule has 1 aromatic carbocycles. The number of thioether (sulfide) groups is 1. The Hall–Kier alpha value is -2.30. The Morgan fingerprint density at radius 3 is 2.45 bits per heavy atom. The first kappa shape index (κ1) is 17.8. The molecule has 11 heteroatoms. The van der Waals surface area contributed by atoms with Crippen molar-refractivity contribution in [2.24, 2.45) is 0 Å². The number of hydrogen-bond donors (Lipinski definition) is 2. The average molecular weight is 337 g/mol. The van der Waals surface area contributed by atoms with Gasteiger partial charge >= 0.3 is 6.18 Å². The largest absolute Gasteiger partial charge is 0.416 e. The molecule has 0 bridgehead atoms. The van der Waals surface area contributed by atoms with Gasteiger partial charge in [-0.1, -0.05) is 0 Å². The molecule has 2 N–H and O–H groups in total. The Balaban J connectivity index is 2.84. The lowest BCUT2D eigenvalue weighted by Gasteiger charge is -2.09. The molecule has 0 aliphatic heterocycles. The van der Waals surface area contributed by atoms with E-state index in [1.54, 1.807) is 0 Å². The number of halogens is 3. The highest BCUT2D eigenvalue weighted by atomic mass is 32.2. The number of alkyl halides is 3. The Morgan fingerprint density at radius 1 is 1.32 bits per heavy atom. The maximum atomic E-state index is 12.5. The van der Waals surface area contributed by atoms with Crippen molar-refractivity contribution in [2.45, 2.75) is 18.0 Å². The van der Waals surface area contributed by atoms with Gasteiger partial charge in [-0.2, -0.15) is 13.2 Å². The van der Waals surface area contributed by atoms with Crippen molar-refractivity contribution in [3.05, 3.63) is 33.9 Å². The number of benzene rings is 1. The topological polar surface area (TPSA) is 101 Å². The molecule has 0 unspecified atom stereocenters. The molecule has 0 heterocycles. The number of carbonyl (C=O) groups excluding carboxylic acids is 2. The van der Waals surface area contributed by atoms with Crippen LogP contribution >= 0.6 is 11.8 Å². The van der Waals surface area contributed by atoms with Gasteiger partial charge < -0.3 is 0 Å². The van der Waals surface area contributed by atoms with Crippen molar-refractivity contribution in [3.63, 3.8) is 0 Å². The average Bonchev–Trinajstić information content (AvgIpc) is 2.41. The zero-order chi connectivity index (χ0) is 16.9. The predicted molar refractivity (Wildman–Crippen MR) is 70.8 cm³/mol. The first-order valence-electron chi connectivity index (χ1n) is 5.65. The number of nitrogens with zero attached hydrogens (tertiary/aromatic N) is 1. The third-order valence-corrected chi connectivity index (χ3v) is 3.28. The summed E-state index contributed by atoms with van der Waals surface area (Å²) < 4.78 is 37.6. The van der Waals surface area contributed by atoms with Crippen molar-refractivity contribution < 1.29 is 27.7 Å². The number of hydrogen-bond acceptors (Lipinski definition) is 5. The van der Waals surface area contributed by atoms with Crippen LogP contribution in [0.4, 0.5) is 18.9 Å². The van der Waals surface area contributed by atoms with Gasteiger partial charge in [-0.05, 0) is 12.1 Å². The number of nitro benzene ring substituents is 1. The zero-order valence-corrected chi connectivity index (χ0v) is 11.9. The van der Waals surface area contributed by atoms with Crippen molar-refractivity contribution in [3.8, 4) is 0 Å². The van der Waals surface area contributed by atoms with Gasteiger partial charge in [0, 0.05) is 13.0 Å². The number of rotatable bonds is 4. The second kappa shape index (κ2) is 7.11. The van der Waals surface area contributed by atoms with Gasteiger partial charge in [-0.25, -0.2) is 0 Å². The Kier molecular flexibility index (Phi) is 5.74. The summed E-state index contributed by atoms with van der Waals surface area (Å²) in [6.07, 6.45) is -4.70. The Labute approximate surface area is 126 Å². The van der Waals surface area contributed by atoms with Crippen LogP contribution in [0.2, 0.25) is 0 Å². The second-order valence-corrected chi connectivity index (χ2v) is 4.97. The summed E-state index contributed by atoms with van der Waals surface area (Å²) in [4.78, 5) is 31.7. The van der Waals surface area contributed by atoms with Gasteiger partial charge in [0.05, 0.1) is 21.1 Å². The molecule has 0 aliphatic rings. The van der Waals surface area contributed by atoms with Crippen LogP contribution in [-0.4, -0.2) is 22.5 Å². The summed E-state index contributed by atoms with van der Waals surface area (Å²) in [5, 5.41) is 10.8. The lowest BCUT2D eigenvalue weighted by Crippen LogP contribution is -2.41. The van der Waals surface area contributed by atoms with E-state index in [-0.39, 0.29) is 10.6 Å². The summed E-state index contributed by atoms with van der Waals surface area (Å²) in [6, 6.07) is 2.03. The fraction of sp³-hybridized carbons (Fsp3) is 0.273. The van der Waals surface area contributed by atoms with E-state index in [0.717, 1.165) is 13.0 Å². The van der Waals surface area contributed by atoms with Crippen LogP contribution in [0.1, 0.15) is 12.5 Å². The molecular weight excluding hydrogens is 327 g/mol. The molecule has 1 aromatic rings. The minimum Gasteiger partial charge on any atom is -0.274 e. The molecule has 0 saturated carbocycles. The number of nitrogens with one attached hydrogen (secondary N) is 2. The number of hydrazine groups is 1. The summed E-state index contributed by atoms with van der Waals surface area (Å²) in [6.45, 7) is 1.16. The minimum absolute atomic E-state index is 0.0871. The van der Waals surface area contributed by atoms with Gasteiger partial charge in [0.25, 0.3) is 5.69 Å². The van der Waals surface area contributed by atoms with Crippen LogP contribution in [-0.2, 0) is 15.8 Å². The van der Waals surface area contributed by atoms with E-state index in [4.69, 9.17) is 0 Å². The SMILES string of the molecule is CC(=O)NNC(=O)CSc1ccc(C(F)(F)F)cc1[N+](=O)[O-]. The van der Waals surface area contributed by atoms with Crippen LogP contribution in [0, 0.1) is 10.1 Å². The monoisotopic (exact) mass is 337 g/mol. The standard InChI is InChI=1S/C11H10F3N3O4S/c1-6(18)15-16-10(19)5-22-9-3-2-7(11(12,13)14)4-8(9)17(20)21/h2-4H,5H2,1H3,(H,15,18)(H,16,19). The molecule has 7 nitrogen and oxygen atoms in total. The molecule has 0 spiro atoms. The lowest BCUT2D eigenvalue weighted by atomic mass is 10.2. The van der Waals surface area contributed by atoms with E-state index in [0.29, 0.717) is 23.9 Å². The molecule has 120 valence electrons. The maximum Gasteiger partial charge on any atom is 0.416 e. The molecule has 1 rings (SSSR count). The van der Waals surface area contributed by atoms with Crippen molar-refractivity contribution >= 4 is 29.3 Å². The van der Waals surface area contributed by atoms with Crippen LogP contribution in [0.25, 0.3) is 0 Å². The minimum atomic E-state index is -4.70. The molecule has 0 fully saturated rings. The van der Waals surface area contributed by atoms with Crippen LogP contribution in [0.15, 0.2) is 23.1 Å². The van der Waals surface area contributed by atoms with Crippen molar-refractivity contribution in [2.75, 3.05) is 5.75 Å². The Bertz CT molecular complexity index is 607. The highest BCUT2D eigenvalue weighted by Crippen LogP contribution is 2.36. The molecular formula is C11H10F3N3O4S. The summed E-state index contributed by atoms with van der Waals surface area (Å²) in [5.74, 6) is -1.49. The number of amides is 2. The number of nitro groups is 1. The molecule has 0 saturated heterocycles. The zero-order valence-electron chi connectivity index (χ0n) is 11.1. The quantitative estimate of drug-likeness (QED) is 0.496. The molecule has 0 radical (unpaired) electrons. The van der Waals surface area contributed by atoms with Crippen molar-refractivity contribution in [1.29, 1.82) is 0 Å². The van der Waals surface area contributed by atoms with Gasteiger partial charge in [0.2, 0.25) is 11.8 Å². The van der Waals surface area contributed by atoms with Crippen LogP contribution in [0.5, 0.6) is 0 Å². The maximum absolute atomic E-state index is 12.5. The van der Waals surface area contributed by atoms with Gasteiger partial charge in [0.1, 0.15) is 0 Å². The van der Waals surface area contributed by atoms with E-state index < -0.39 is 34.2 Å². The third-order valence-electron chi connectivity index (χ3n) is 2.22. The highest BCUT2D eigenvalue weighted by molar-refractivity contribution is 8.00. The van der Waals surface area contributed by atoms with Crippen molar-refractivity contribution in [1.82, 2.24) is 10.9 Å². The normalized spacial score (nSPS) is 10.9. The van der Waals surface area contributed by atoms with Gasteiger partial charge in [-0.3, -0.25) is 30.6 Å². The van der Waals surface area contributed by atoms with Crippen LogP contribution < -0.4 is 10.9 Å². The van der Waals surface area contributed by atoms with E-state index in [1.807, 2.05) is 10.9 Å². The van der Waals surface area contributed by atoms with E-state index in [9.17, 15) is 32.9 Å². The fourth-order valence-corrected chi connectivity index (χ4v) is 2.10.